The highest BCUT2D eigenvalue weighted by Crippen LogP contribution is 2.28. The molecule has 0 unspecified atom stereocenters. The number of hydrogen-bond donors (Lipinski definition) is 1. The van der Waals surface area contributed by atoms with Crippen LogP contribution in [0.3, 0.4) is 0 Å². The Kier molecular flexibility index (Phi) is 4.50. The van der Waals surface area contributed by atoms with Gasteiger partial charge >= 0.3 is 0 Å². The fourth-order valence-corrected chi connectivity index (χ4v) is 4.37. The molecule has 1 heterocycles. The van der Waals surface area contributed by atoms with Gasteiger partial charge in [0.05, 0.1) is 17.7 Å². The van der Waals surface area contributed by atoms with Crippen LogP contribution in [0.5, 0.6) is 5.75 Å². The van der Waals surface area contributed by atoms with Crippen LogP contribution in [0.4, 0.5) is 5.69 Å². The number of anilines is 1. The summed E-state index contributed by atoms with van der Waals surface area (Å²) in [6.07, 6.45) is 0. The van der Waals surface area contributed by atoms with Crippen molar-refractivity contribution in [2.45, 2.75) is 4.21 Å². The molecular formula is C13H14N2O3S3. The van der Waals surface area contributed by atoms with Crippen LogP contribution in [-0.4, -0.2) is 27.6 Å². The van der Waals surface area contributed by atoms with Gasteiger partial charge in [0.25, 0.3) is 10.0 Å². The number of methoxy groups -OCH3 is 1. The molecule has 21 heavy (non-hydrogen) atoms. The first-order valence-corrected chi connectivity index (χ1v) is 8.55. The van der Waals surface area contributed by atoms with Crippen molar-refractivity contribution >= 4 is 44.3 Å². The van der Waals surface area contributed by atoms with E-state index in [2.05, 4.69) is 0 Å². The molecule has 0 radical (unpaired) electrons. The van der Waals surface area contributed by atoms with E-state index in [1.165, 1.54) is 17.4 Å². The lowest BCUT2D eigenvalue weighted by Crippen LogP contribution is -2.25. The van der Waals surface area contributed by atoms with Gasteiger partial charge in [-0.05, 0) is 36.4 Å². The topological polar surface area (TPSA) is 72.6 Å². The van der Waals surface area contributed by atoms with Crippen LogP contribution in [0.2, 0.25) is 0 Å². The van der Waals surface area contributed by atoms with Crippen LogP contribution in [0.25, 0.3) is 0 Å². The minimum absolute atomic E-state index is 0.188. The molecular weight excluding hydrogens is 328 g/mol. The highest BCUT2D eigenvalue weighted by Gasteiger charge is 2.23. The first kappa shape index (κ1) is 15.7. The third-order valence-electron chi connectivity index (χ3n) is 2.87. The van der Waals surface area contributed by atoms with E-state index in [9.17, 15) is 8.42 Å². The van der Waals surface area contributed by atoms with Crippen LogP contribution >= 0.6 is 23.6 Å². The minimum Gasteiger partial charge on any atom is -0.497 e. The number of thiophene rings is 1. The summed E-state index contributed by atoms with van der Waals surface area (Å²) in [7, 11) is -0.577. The van der Waals surface area contributed by atoms with Crippen molar-refractivity contribution < 1.29 is 13.2 Å². The molecule has 0 saturated carbocycles. The number of rotatable bonds is 5. The number of thiocarbonyl (C=S) groups is 1. The maximum atomic E-state index is 12.5. The molecule has 1 aromatic heterocycles. The molecule has 0 atom stereocenters. The van der Waals surface area contributed by atoms with E-state index in [4.69, 9.17) is 22.7 Å². The fourth-order valence-electron chi connectivity index (χ4n) is 1.66. The van der Waals surface area contributed by atoms with Crippen LogP contribution in [0, 0.1) is 0 Å². The Morgan fingerprint density at radius 2 is 1.86 bits per heavy atom. The van der Waals surface area contributed by atoms with E-state index >= 15 is 0 Å². The van der Waals surface area contributed by atoms with Gasteiger partial charge in [0, 0.05) is 7.05 Å². The first-order chi connectivity index (χ1) is 9.86. The smallest absolute Gasteiger partial charge is 0.273 e. The zero-order chi connectivity index (χ0) is 15.6. The highest BCUT2D eigenvalue weighted by molar-refractivity contribution is 7.94. The molecule has 8 heteroatoms. The summed E-state index contributed by atoms with van der Waals surface area (Å²) < 4.78 is 31.6. The van der Waals surface area contributed by atoms with Gasteiger partial charge in [-0.2, -0.15) is 0 Å². The standard InChI is InChI=1S/C13H14N2O3S3/c1-15(9-3-5-10(18-2)6-4-9)21(16,17)12-8-7-11(20-12)13(14)19/h3-8H,1-2H3,(H2,14,19). The number of ether oxygens (including phenoxy) is 1. The summed E-state index contributed by atoms with van der Waals surface area (Å²) in [4.78, 5) is 0.764. The minimum atomic E-state index is -3.63. The molecule has 0 spiro atoms. The highest BCUT2D eigenvalue weighted by atomic mass is 32.2. The molecule has 0 aliphatic rings. The second kappa shape index (κ2) is 6.00. The van der Waals surface area contributed by atoms with Gasteiger partial charge in [0.1, 0.15) is 14.9 Å². The van der Waals surface area contributed by atoms with Crippen LogP contribution < -0.4 is 14.8 Å². The van der Waals surface area contributed by atoms with E-state index < -0.39 is 10.0 Å². The van der Waals surface area contributed by atoms with Crippen molar-refractivity contribution in [2.75, 3.05) is 18.5 Å². The average Bonchev–Trinajstić information content (AvgIpc) is 2.97. The fraction of sp³-hybridized carbons (Fsp3) is 0.154. The summed E-state index contributed by atoms with van der Waals surface area (Å²) in [5, 5.41) is 0. The number of hydrogen-bond acceptors (Lipinski definition) is 5. The second-order valence-electron chi connectivity index (χ2n) is 4.15. The number of nitrogens with zero attached hydrogens (tertiary/aromatic N) is 1. The number of nitrogens with two attached hydrogens (primary N) is 1. The predicted octanol–water partition coefficient (Wildman–Crippen LogP) is 2.22. The maximum Gasteiger partial charge on any atom is 0.273 e. The molecule has 2 aromatic rings. The zero-order valence-corrected chi connectivity index (χ0v) is 13.9. The molecule has 1 aromatic carbocycles. The van der Waals surface area contributed by atoms with Gasteiger partial charge in [0.15, 0.2) is 0 Å². The van der Waals surface area contributed by atoms with Crippen LogP contribution in [0.15, 0.2) is 40.6 Å². The molecule has 0 amide bonds. The maximum absolute atomic E-state index is 12.5. The van der Waals surface area contributed by atoms with E-state index in [0.29, 0.717) is 16.3 Å². The molecule has 0 aliphatic heterocycles. The molecule has 0 aliphatic carbocycles. The molecule has 5 nitrogen and oxygen atoms in total. The predicted molar refractivity (Wildman–Crippen MR) is 88.8 cm³/mol. The van der Waals surface area contributed by atoms with E-state index in [-0.39, 0.29) is 9.20 Å². The van der Waals surface area contributed by atoms with Gasteiger partial charge in [-0.1, -0.05) is 12.2 Å². The Morgan fingerprint density at radius 3 is 2.33 bits per heavy atom. The zero-order valence-electron chi connectivity index (χ0n) is 11.4. The molecule has 0 fully saturated rings. The monoisotopic (exact) mass is 342 g/mol. The van der Waals surface area contributed by atoms with E-state index in [0.717, 1.165) is 11.3 Å². The van der Waals surface area contributed by atoms with Crippen molar-refractivity contribution in [1.29, 1.82) is 0 Å². The van der Waals surface area contributed by atoms with Gasteiger partial charge in [-0.25, -0.2) is 8.42 Å². The first-order valence-electron chi connectivity index (χ1n) is 5.89. The quantitative estimate of drug-likeness (QED) is 0.844. The van der Waals surface area contributed by atoms with Gasteiger partial charge in [0.2, 0.25) is 0 Å². The SMILES string of the molecule is COc1ccc(N(C)S(=O)(=O)c2ccc(C(N)=S)s2)cc1. The molecule has 0 saturated heterocycles. The Labute approximate surface area is 133 Å². The summed E-state index contributed by atoms with van der Waals surface area (Å²) in [6, 6.07) is 9.89. The van der Waals surface area contributed by atoms with E-state index in [1.807, 2.05) is 0 Å². The Hall–Kier alpha value is -1.64. The summed E-state index contributed by atoms with van der Waals surface area (Å²) in [5.41, 5.74) is 6.05. The second-order valence-corrected chi connectivity index (χ2v) is 7.87. The van der Waals surface area contributed by atoms with E-state index in [1.54, 1.807) is 37.4 Å². The van der Waals surface area contributed by atoms with Crippen molar-refractivity contribution in [2.24, 2.45) is 5.73 Å². The van der Waals surface area contributed by atoms with Crippen LogP contribution in [0.1, 0.15) is 4.88 Å². The van der Waals surface area contributed by atoms with Crippen molar-refractivity contribution in [3.63, 3.8) is 0 Å². The van der Waals surface area contributed by atoms with Gasteiger partial charge in [-0.3, -0.25) is 4.31 Å². The Morgan fingerprint density at radius 1 is 1.24 bits per heavy atom. The molecule has 112 valence electrons. The number of sulfonamides is 1. The summed E-state index contributed by atoms with van der Waals surface area (Å²) in [5.74, 6) is 0.663. The lowest BCUT2D eigenvalue weighted by molar-refractivity contribution is 0.415. The van der Waals surface area contributed by atoms with Gasteiger partial charge in [-0.15, -0.1) is 11.3 Å². The number of benzene rings is 1. The lowest BCUT2D eigenvalue weighted by atomic mass is 10.3. The lowest BCUT2D eigenvalue weighted by Gasteiger charge is -2.18. The van der Waals surface area contributed by atoms with Crippen molar-refractivity contribution in [1.82, 2.24) is 0 Å². The molecule has 2 rings (SSSR count). The third kappa shape index (κ3) is 3.17. The van der Waals surface area contributed by atoms with Crippen molar-refractivity contribution in [3.8, 4) is 5.75 Å². The average molecular weight is 342 g/mol. The largest absolute Gasteiger partial charge is 0.497 e. The molecule has 0 bridgehead atoms. The summed E-state index contributed by atoms with van der Waals surface area (Å²) >= 11 is 5.91. The third-order valence-corrected chi connectivity index (χ3v) is 6.60. The normalized spacial score (nSPS) is 11.1. The summed E-state index contributed by atoms with van der Waals surface area (Å²) in [6.45, 7) is 0. The van der Waals surface area contributed by atoms with Crippen LogP contribution in [-0.2, 0) is 10.0 Å². The Bertz CT molecular complexity index is 751. The molecule has 2 N–H and O–H groups in total. The Balaban J connectivity index is 2.34. The van der Waals surface area contributed by atoms with Crippen molar-refractivity contribution in [3.05, 3.63) is 41.3 Å². The van der Waals surface area contributed by atoms with Gasteiger partial charge < -0.3 is 10.5 Å².